The highest BCUT2D eigenvalue weighted by molar-refractivity contribution is 5.77. The van der Waals surface area contributed by atoms with Crippen LogP contribution in [0.4, 0.5) is 5.95 Å². The molecule has 8 nitrogen and oxygen atoms in total. The number of nitrogens with zero attached hydrogens (tertiary/aromatic N) is 6. The summed E-state index contributed by atoms with van der Waals surface area (Å²) < 4.78 is 0. The third-order valence-electron chi connectivity index (χ3n) is 4.93. The molecule has 2 amide bonds. The van der Waals surface area contributed by atoms with Gasteiger partial charge in [-0.25, -0.2) is 9.97 Å². The Kier molecular flexibility index (Phi) is 5.80. The summed E-state index contributed by atoms with van der Waals surface area (Å²) in [6.07, 6.45) is 4.07. The molecule has 0 aromatic carbocycles. The van der Waals surface area contributed by atoms with Gasteiger partial charge in [-0.2, -0.15) is 0 Å². The van der Waals surface area contributed by atoms with Crippen LogP contribution in [0.5, 0.6) is 0 Å². The van der Waals surface area contributed by atoms with E-state index in [1.54, 1.807) is 24.2 Å². The molecule has 8 heteroatoms. The molecule has 1 aromatic rings. The molecule has 3 rings (SSSR count). The van der Waals surface area contributed by atoms with Gasteiger partial charge in [-0.15, -0.1) is 0 Å². The van der Waals surface area contributed by atoms with Crippen LogP contribution in [0, 0.1) is 0 Å². The second-order valence-corrected chi connectivity index (χ2v) is 6.51. The van der Waals surface area contributed by atoms with Crippen molar-refractivity contribution in [2.75, 3.05) is 63.8 Å². The van der Waals surface area contributed by atoms with E-state index in [2.05, 4.69) is 19.8 Å². The van der Waals surface area contributed by atoms with Gasteiger partial charge in [0.2, 0.25) is 17.8 Å². The molecule has 0 spiro atoms. The summed E-state index contributed by atoms with van der Waals surface area (Å²) >= 11 is 0. The van der Waals surface area contributed by atoms with Gasteiger partial charge in [0.1, 0.15) is 0 Å². The zero-order chi connectivity index (χ0) is 17.6. The van der Waals surface area contributed by atoms with Gasteiger partial charge in [0.25, 0.3) is 0 Å². The van der Waals surface area contributed by atoms with E-state index in [0.717, 1.165) is 38.7 Å². The Labute approximate surface area is 148 Å². The van der Waals surface area contributed by atoms with E-state index in [-0.39, 0.29) is 11.8 Å². The highest BCUT2D eigenvalue weighted by Gasteiger charge is 2.24. The molecule has 0 aliphatic carbocycles. The molecule has 1 aromatic heterocycles. The molecular formula is C17H26N6O2. The van der Waals surface area contributed by atoms with E-state index in [0.29, 0.717) is 32.6 Å². The summed E-state index contributed by atoms with van der Waals surface area (Å²) in [5, 5.41) is 0. The van der Waals surface area contributed by atoms with E-state index in [1.807, 2.05) is 11.0 Å². The molecule has 0 unspecified atom stereocenters. The Hall–Kier alpha value is -2.22. The molecule has 0 saturated carbocycles. The van der Waals surface area contributed by atoms with Crippen molar-refractivity contribution in [2.24, 2.45) is 0 Å². The Morgan fingerprint density at radius 3 is 2.12 bits per heavy atom. The molecule has 25 heavy (non-hydrogen) atoms. The summed E-state index contributed by atoms with van der Waals surface area (Å²) in [4.78, 5) is 40.5. The lowest BCUT2D eigenvalue weighted by atomic mass is 10.2. The molecule has 3 heterocycles. The number of anilines is 1. The normalized spacial score (nSPS) is 19.2. The van der Waals surface area contributed by atoms with Gasteiger partial charge in [-0.1, -0.05) is 0 Å². The molecule has 0 bridgehead atoms. The van der Waals surface area contributed by atoms with Crippen molar-refractivity contribution in [1.29, 1.82) is 0 Å². The molecule has 2 aliphatic rings. The smallest absolute Gasteiger partial charge is 0.225 e. The van der Waals surface area contributed by atoms with Crippen molar-refractivity contribution in [3.05, 3.63) is 18.5 Å². The summed E-state index contributed by atoms with van der Waals surface area (Å²) in [5.74, 6) is 1.06. The fourth-order valence-corrected chi connectivity index (χ4v) is 3.31. The van der Waals surface area contributed by atoms with Crippen molar-refractivity contribution in [3.63, 3.8) is 0 Å². The monoisotopic (exact) mass is 346 g/mol. The van der Waals surface area contributed by atoms with Crippen LogP contribution >= 0.6 is 0 Å². The van der Waals surface area contributed by atoms with Crippen molar-refractivity contribution in [3.8, 4) is 0 Å². The van der Waals surface area contributed by atoms with Crippen molar-refractivity contribution in [2.45, 2.75) is 13.3 Å². The molecule has 2 saturated heterocycles. The first-order valence-corrected chi connectivity index (χ1v) is 8.91. The summed E-state index contributed by atoms with van der Waals surface area (Å²) in [6, 6.07) is 1.82. The number of amides is 2. The van der Waals surface area contributed by atoms with Gasteiger partial charge in [0.05, 0.1) is 0 Å². The first-order chi connectivity index (χ1) is 12.1. The highest BCUT2D eigenvalue weighted by atomic mass is 16.2. The Morgan fingerprint density at radius 2 is 1.52 bits per heavy atom. The van der Waals surface area contributed by atoms with Crippen LogP contribution in [-0.2, 0) is 9.59 Å². The predicted molar refractivity (Wildman–Crippen MR) is 94.1 cm³/mol. The predicted octanol–water partition coefficient (Wildman–Crippen LogP) is -0.321. The first kappa shape index (κ1) is 17.6. The number of aromatic nitrogens is 2. The molecule has 136 valence electrons. The molecular weight excluding hydrogens is 320 g/mol. The topological polar surface area (TPSA) is 72.9 Å². The number of rotatable bonds is 4. The fourth-order valence-electron chi connectivity index (χ4n) is 3.31. The van der Waals surface area contributed by atoms with Crippen molar-refractivity contribution < 1.29 is 9.59 Å². The van der Waals surface area contributed by atoms with Crippen LogP contribution < -0.4 is 4.90 Å². The van der Waals surface area contributed by atoms with E-state index >= 15 is 0 Å². The molecule has 2 fully saturated rings. The minimum absolute atomic E-state index is 0.0902. The van der Waals surface area contributed by atoms with E-state index < -0.39 is 0 Å². The fraction of sp³-hybridized carbons (Fsp3) is 0.647. The largest absolute Gasteiger partial charge is 0.339 e. The Bertz CT molecular complexity index is 580. The average molecular weight is 346 g/mol. The maximum atomic E-state index is 12.4. The quantitative estimate of drug-likeness (QED) is 0.744. The third kappa shape index (κ3) is 4.66. The van der Waals surface area contributed by atoms with Crippen molar-refractivity contribution >= 4 is 17.8 Å². The Balaban J connectivity index is 1.37. The molecule has 0 radical (unpaired) electrons. The number of piperazine rings is 2. The first-order valence-electron chi connectivity index (χ1n) is 8.91. The second kappa shape index (κ2) is 8.24. The standard InChI is InChI=1S/C17H26N6O2/c1-15(24)21-11-13-22(14-12-21)16(25)3-6-20-7-9-23(10-8-20)17-18-4-2-5-19-17/h2,4-5H,3,6-14H2,1H3. The zero-order valence-electron chi connectivity index (χ0n) is 14.8. The third-order valence-corrected chi connectivity index (χ3v) is 4.93. The highest BCUT2D eigenvalue weighted by Crippen LogP contribution is 2.11. The number of hydrogen-bond donors (Lipinski definition) is 0. The zero-order valence-corrected chi connectivity index (χ0v) is 14.8. The minimum Gasteiger partial charge on any atom is -0.339 e. The minimum atomic E-state index is 0.0902. The summed E-state index contributed by atoms with van der Waals surface area (Å²) in [7, 11) is 0. The van der Waals surface area contributed by atoms with Gasteiger partial charge in [0, 0.05) is 84.6 Å². The van der Waals surface area contributed by atoms with Gasteiger partial charge in [-0.05, 0) is 6.07 Å². The SMILES string of the molecule is CC(=O)N1CCN(C(=O)CCN2CCN(c3ncccn3)CC2)CC1. The summed E-state index contributed by atoms with van der Waals surface area (Å²) in [5.41, 5.74) is 0. The second-order valence-electron chi connectivity index (χ2n) is 6.51. The molecule has 0 atom stereocenters. The number of carbonyl (C=O) groups excluding carboxylic acids is 2. The van der Waals surface area contributed by atoms with Gasteiger partial charge < -0.3 is 14.7 Å². The number of hydrogen-bond acceptors (Lipinski definition) is 6. The number of carbonyl (C=O) groups is 2. The Morgan fingerprint density at radius 1 is 0.920 bits per heavy atom. The van der Waals surface area contributed by atoms with Crippen LogP contribution in [-0.4, -0.2) is 95.4 Å². The molecule has 0 N–H and O–H groups in total. The molecule has 2 aliphatic heterocycles. The average Bonchev–Trinajstić information content (AvgIpc) is 2.67. The van der Waals surface area contributed by atoms with Crippen LogP contribution in [0.15, 0.2) is 18.5 Å². The van der Waals surface area contributed by atoms with Gasteiger partial charge in [0.15, 0.2) is 0 Å². The maximum absolute atomic E-state index is 12.4. The lowest BCUT2D eigenvalue weighted by Gasteiger charge is -2.36. The van der Waals surface area contributed by atoms with Crippen molar-refractivity contribution in [1.82, 2.24) is 24.7 Å². The summed E-state index contributed by atoms with van der Waals surface area (Å²) in [6.45, 7) is 8.58. The lowest BCUT2D eigenvalue weighted by Crippen LogP contribution is -2.51. The van der Waals surface area contributed by atoms with E-state index in [9.17, 15) is 9.59 Å². The van der Waals surface area contributed by atoms with Crippen LogP contribution in [0.2, 0.25) is 0 Å². The van der Waals surface area contributed by atoms with Crippen LogP contribution in [0.25, 0.3) is 0 Å². The van der Waals surface area contributed by atoms with Crippen LogP contribution in [0.1, 0.15) is 13.3 Å². The lowest BCUT2D eigenvalue weighted by molar-refractivity contribution is -0.138. The van der Waals surface area contributed by atoms with E-state index in [4.69, 9.17) is 0 Å². The van der Waals surface area contributed by atoms with Gasteiger partial charge in [-0.3, -0.25) is 14.5 Å². The maximum Gasteiger partial charge on any atom is 0.225 e. The van der Waals surface area contributed by atoms with E-state index in [1.165, 1.54) is 0 Å². The van der Waals surface area contributed by atoms with Crippen LogP contribution in [0.3, 0.4) is 0 Å². The van der Waals surface area contributed by atoms with Gasteiger partial charge >= 0.3 is 0 Å².